The van der Waals surface area contributed by atoms with Crippen LogP contribution in [0.25, 0.3) is 0 Å². The maximum atomic E-state index is 13.2. The molecule has 0 saturated carbocycles. The van der Waals surface area contributed by atoms with E-state index in [0.29, 0.717) is 0 Å². The Hall–Kier alpha value is -3.49. The molecule has 0 aromatic heterocycles. The van der Waals surface area contributed by atoms with E-state index in [1.807, 2.05) is 0 Å². The third-order valence-electron chi connectivity index (χ3n) is 4.15. The molecule has 0 aliphatic heterocycles. The molecule has 30 heavy (non-hydrogen) atoms. The van der Waals surface area contributed by atoms with E-state index in [1.165, 1.54) is 54.6 Å². The first-order chi connectivity index (χ1) is 14.1. The monoisotopic (exact) mass is 424 g/mol. The van der Waals surface area contributed by atoms with Crippen LogP contribution in [0.2, 0.25) is 0 Å². The minimum absolute atomic E-state index is 0.0104. The molecule has 0 radical (unpaired) electrons. The molecular weight excluding hydrogens is 410 g/mol. The average molecular weight is 424 g/mol. The molecule has 0 unspecified atom stereocenters. The van der Waals surface area contributed by atoms with Crippen LogP contribution in [0.15, 0.2) is 72.8 Å². The van der Waals surface area contributed by atoms with Gasteiger partial charge in [-0.3, -0.25) is 4.79 Å². The Balaban J connectivity index is 1.94. The number of hydrogen-bond donors (Lipinski definition) is 2. The SMILES string of the molecule is O=C(Nc1ccccc1C(F)(F)F)c1ccccc1Nc1ccccc1C(F)(F)F. The lowest BCUT2D eigenvalue weighted by Crippen LogP contribution is -2.18. The molecule has 0 fully saturated rings. The summed E-state index contributed by atoms with van der Waals surface area (Å²) in [5.41, 5.74) is -2.84. The maximum Gasteiger partial charge on any atom is 0.418 e. The van der Waals surface area contributed by atoms with Crippen molar-refractivity contribution >= 4 is 23.0 Å². The van der Waals surface area contributed by atoms with Crippen molar-refractivity contribution in [1.29, 1.82) is 0 Å². The number of carbonyl (C=O) groups is 1. The van der Waals surface area contributed by atoms with Gasteiger partial charge in [-0.05, 0) is 36.4 Å². The molecule has 0 aliphatic rings. The van der Waals surface area contributed by atoms with Crippen molar-refractivity contribution in [2.45, 2.75) is 12.4 Å². The zero-order chi connectivity index (χ0) is 21.9. The summed E-state index contributed by atoms with van der Waals surface area (Å²) in [6.07, 6.45) is -9.32. The van der Waals surface area contributed by atoms with E-state index < -0.39 is 35.1 Å². The fourth-order valence-electron chi connectivity index (χ4n) is 2.80. The van der Waals surface area contributed by atoms with E-state index in [1.54, 1.807) is 0 Å². The number of para-hydroxylation sites is 3. The minimum atomic E-state index is -4.69. The third kappa shape index (κ3) is 4.73. The number of nitrogens with one attached hydrogen (secondary N) is 2. The molecule has 9 heteroatoms. The highest BCUT2D eigenvalue weighted by molar-refractivity contribution is 6.08. The van der Waals surface area contributed by atoms with Crippen LogP contribution in [0.5, 0.6) is 0 Å². The van der Waals surface area contributed by atoms with Crippen molar-refractivity contribution in [2.24, 2.45) is 0 Å². The molecule has 0 spiro atoms. The molecule has 2 N–H and O–H groups in total. The predicted octanol–water partition coefficient (Wildman–Crippen LogP) is 6.72. The highest BCUT2D eigenvalue weighted by Crippen LogP contribution is 2.37. The minimum Gasteiger partial charge on any atom is -0.354 e. The number of rotatable bonds is 4. The molecule has 156 valence electrons. The number of halogens is 6. The van der Waals surface area contributed by atoms with Gasteiger partial charge in [0.05, 0.1) is 33.8 Å². The van der Waals surface area contributed by atoms with E-state index in [0.717, 1.165) is 18.2 Å². The third-order valence-corrected chi connectivity index (χ3v) is 4.15. The van der Waals surface area contributed by atoms with Crippen molar-refractivity contribution in [3.8, 4) is 0 Å². The number of alkyl halides is 6. The Morgan fingerprint density at radius 1 is 0.600 bits per heavy atom. The Morgan fingerprint density at radius 3 is 1.60 bits per heavy atom. The summed E-state index contributed by atoms with van der Waals surface area (Å²) >= 11 is 0. The molecule has 3 nitrogen and oxygen atoms in total. The second-order valence-electron chi connectivity index (χ2n) is 6.21. The molecule has 0 atom stereocenters. The van der Waals surface area contributed by atoms with Gasteiger partial charge in [0, 0.05) is 0 Å². The summed E-state index contributed by atoms with van der Waals surface area (Å²) in [6.45, 7) is 0. The normalized spacial score (nSPS) is 11.8. The number of amides is 1. The largest absolute Gasteiger partial charge is 0.418 e. The van der Waals surface area contributed by atoms with Crippen molar-refractivity contribution < 1.29 is 31.1 Å². The van der Waals surface area contributed by atoms with Gasteiger partial charge in [-0.25, -0.2) is 0 Å². The van der Waals surface area contributed by atoms with Crippen molar-refractivity contribution in [1.82, 2.24) is 0 Å². The Bertz CT molecular complexity index is 1060. The maximum absolute atomic E-state index is 13.2. The van der Waals surface area contributed by atoms with E-state index in [4.69, 9.17) is 0 Å². The molecule has 0 heterocycles. The topological polar surface area (TPSA) is 41.1 Å². The first kappa shape index (κ1) is 21.2. The number of anilines is 3. The van der Waals surface area contributed by atoms with Gasteiger partial charge < -0.3 is 10.6 Å². The zero-order valence-electron chi connectivity index (χ0n) is 15.1. The predicted molar refractivity (Wildman–Crippen MR) is 101 cm³/mol. The number of hydrogen-bond acceptors (Lipinski definition) is 2. The summed E-state index contributed by atoms with van der Waals surface area (Å²) in [7, 11) is 0. The van der Waals surface area contributed by atoms with Crippen LogP contribution in [-0.2, 0) is 12.4 Å². The summed E-state index contributed by atoms with van der Waals surface area (Å²) in [4.78, 5) is 12.6. The van der Waals surface area contributed by atoms with Gasteiger partial charge in [0.1, 0.15) is 0 Å². The number of benzene rings is 3. The smallest absolute Gasteiger partial charge is 0.354 e. The van der Waals surface area contributed by atoms with Gasteiger partial charge >= 0.3 is 12.4 Å². The Kier molecular flexibility index (Phi) is 5.73. The van der Waals surface area contributed by atoms with Crippen LogP contribution >= 0.6 is 0 Å². The number of carbonyl (C=O) groups excluding carboxylic acids is 1. The molecule has 0 saturated heterocycles. The molecule has 1 amide bonds. The van der Waals surface area contributed by atoms with Gasteiger partial charge in [0.15, 0.2) is 0 Å². The van der Waals surface area contributed by atoms with Crippen LogP contribution in [-0.4, -0.2) is 5.91 Å². The van der Waals surface area contributed by atoms with E-state index >= 15 is 0 Å². The molecule has 0 aliphatic carbocycles. The van der Waals surface area contributed by atoms with Crippen molar-refractivity contribution in [2.75, 3.05) is 10.6 Å². The summed E-state index contributed by atoms with van der Waals surface area (Å²) in [6, 6.07) is 14.7. The summed E-state index contributed by atoms with van der Waals surface area (Å²) < 4.78 is 79.1. The second kappa shape index (κ2) is 8.10. The van der Waals surface area contributed by atoms with Gasteiger partial charge in [-0.15, -0.1) is 0 Å². The van der Waals surface area contributed by atoms with Gasteiger partial charge in [0.25, 0.3) is 5.91 Å². The highest BCUT2D eigenvalue weighted by atomic mass is 19.4. The van der Waals surface area contributed by atoms with Gasteiger partial charge in [-0.1, -0.05) is 36.4 Å². The first-order valence-electron chi connectivity index (χ1n) is 8.57. The van der Waals surface area contributed by atoms with Gasteiger partial charge in [0.2, 0.25) is 0 Å². The van der Waals surface area contributed by atoms with E-state index in [9.17, 15) is 31.1 Å². The standard InChI is InChI=1S/C21H14F6N2O/c22-20(23,24)14-8-2-5-11-17(14)28-16-10-4-1-7-13(16)19(30)29-18-12-6-3-9-15(18)21(25,26)27/h1-12,28H,(H,29,30). The van der Waals surface area contributed by atoms with E-state index in [-0.39, 0.29) is 16.9 Å². The quantitative estimate of drug-likeness (QED) is 0.457. The molecule has 3 aromatic carbocycles. The fraction of sp³-hybridized carbons (Fsp3) is 0.0952. The molecule has 0 bridgehead atoms. The van der Waals surface area contributed by atoms with Crippen LogP contribution in [0.1, 0.15) is 21.5 Å². The highest BCUT2D eigenvalue weighted by Gasteiger charge is 2.34. The van der Waals surface area contributed by atoms with Crippen LogP contribution < -0.4 is 10.6 Å². The molecule has 3 rings (SSSR count). The Labute approximate surface area is 167 Å². The zero-order valence-corrected chi connectivity index (χ0v) is 15.1. The van der Waals surface area contributed by atoms with Crippen molar-refractivity contribution in [3.05, 3.63) is 89.5 Å². The van der Waals surface area contributed by atoms with E-state index in [2.05, 4.69) is 10.6 Å². The Morgan fingerprint density at radius 2 is 1.03 bits per heavy atom. The second-order valence-corrected chi connectivity index (χ2v) is 6.21. The fourth-order valence-corrected chi connectivity index (χ4v) is 2.80. The summed E-state index contributed by atoms with van der Waals surface area (Å²) in [5, 5.41) is 4.74. The van der Waals surface area contributed by atoms with Crippen LogP contribution in [0, 0.1) is 0 Å². The van der Waals surface area contributed by atoms with Crippen molar-refractivity contribution in [3.63, 3.8) is 0 Å². The lowest BCUT2D eigenvalue weighted by atomic mass is 10.1. The first-order valence-corrected chi connectivity index (χ1v) is 8.57. The van der Waals surface area contributed by atoms with Gasteiger partial charge in [-0.2, -0.15) is 26.3 Å². The average Bonchev–Trinajstić information content (AvgIpc) is 2.67. The molecular formula is C21H14F6N2O. The van der Waals surface area contributed by atoms with Crippen LogP contribution in [0.3, 0.4) is 0 Å². The summed E-state index contributed by atoms with van der Waals surface area (Å²) in [5.74, 6) is -0.903. The van der Waals surface area contributed by atoms with Crippen LogP contribution in [0.4, 0.5) is 43.4 Å². The lowest BCUT2D eigenvalue weighted by Gasteiger charge is -2.17. The molecule has 3 aromatic rings. The lowest BCUT2D eigenvalue weighted by molar-refractivity contribution is -0.137.